The number of halogens is 4. The molecule has 1 atom stereocenters. The van der Waals surface area contributed by atoms with Gasteiger partial charge in [-0.05, 0) is 41.1 Å². The second-order valence-electron chi connectivity index (χ2n) is 6.37. The first-order chi connectivity index (χ1) is 13.8. The molecule has 3 aromatic rings. The third-order valence-corrected chi connectivity index (χ3v) is 4.66. The van der Waals surface area contributed by atoms with Gasteiger partial charge in [0.1, 0.15) is 5.82 Å². The van der Waals surface area contributed by atoms with E-state index in [1.807, 2.05) is 30.3 Å². The van der Waals surface area contributed by atoms with Crippen LogP contribution in [0.4, 0.5) is 30.6 Å². The average molecular weight is 467 g/mol. The maximum absolute atomic E-state index is 12.9. The smallest absolute Gasteiger partial charge is 0.394 e. The van der Waals surface area contributed by atoms with E-state index in [-0.39, 0.29) is 17.1 Å². The minimum atomic E-state index is -4.42. The van der Waals surface area contributed by atoms with Crippen LogP contribution in [0.15, 0.2) is 59.1 Å². The Labute approximate surface area is 174 Å². The van der Waals surface area contributed by atoms with Gasteiger partial charge in [-0.25, -0.2) is 4.98 Å². The van der Waals surface area contributed by atoms with E-state index >= 15 is 0 Å². The molecule has 0 aliphatic rings. The summed E-state index contributed by atoms with van der Waals surface area (Å²) in [6.45, 7) is 1.67. The quantitative estimate of drug-likeness (QED) is 0.449. The second-order valence-corrected chi connectivity index (χ2v) is 7.23. The van der Waals surface area contributed by atoms with Gasteiger partial charge in [0.05, 0.1) is 23.6 Å². The van der Waals surface area contributed by atoms with Crippen molar-refractivity contribution in [3.63, 3.8) is 0 Å². The molecule has 29 heavy (non-hydrogen) atoms. The van der Waals surface area contributed by atoms with Crippen LogP contribution >= 0.6 is 15.9 Å². The number of hydrogen-bond donors (Lipinski definition) is 3. The van der Waals surface area contributed by atoms with Crippen molar-refractivity contribution in [2.24, 2.45) is 0 Å². The number of benzene rings is 2. The van der Waals surface area contributed by atoms with Crippen molar-refractivity contribution >= 4 is 33.4 Å². The zero-order valence-corrected chi connectivity index (χ0v) is 16.9. The van der Waals surface area contributed by atoms with E-state index < -0.39 is 11.7 Å². The van der Waals surface area contributed by atoms with Crippen molar-refractivity contribution in [2.75, 3.05) is 17.2 Å². The van der Waals surface area contributed by atoms with Crippen LogP contribution < -0.4 is 10.6 Å². The molecule has 1 aromatic heterocycles. The van der Waals surface area contributed by atoms with Crippen LogP contribution in [0.2, 0.25) is 0 Å². The van der Waals surface area contributed by atoms with Gasteiger partial charge in [0.25, 0.3) is 0 Å². The van der Waals surface area contributed by atoms with Gasteiger partial charge in [0.2, 0.25) is 5.95 Å². The summed E-state index contributed by atoms with van der Waals surface area (Å²) in [6.07, 6.45) is -4.42. The Hall–Kier alpha value is -2.65. The molecule has 2 aromatic carbocycles. The Bertz CT molecular complexity index is 983. The average Bonchev–Trinajstić information content (AvgIpc) is 2.69. The molecule has 0 aliphatic carbocycles. The van der Waals surface area contributed by atoms with Crippen LogP contribution in [0.25, 0.3) is 11.3 Å². The Morgan fingerprint density at radius 3 is 2.41 bits per heavy atom. The summed E-state index contributed by atoms with van der Waals surface area (Å²) in [5.41, 5.74) is 1.15. The number of aromatic nitrogens is 2. The first-order valence-corrected chi connectivity index (χ1v) is 9.51. The van der Waals surface area contributed by atoms with Crippen LogP contribution in [-0.2, 0) is 6.18 Å². The lowest BCUT2D eigenvalue weighted by atomic mass is 10.1. The fraction of sp³-hybridized carbons (Fsp3) is 0.200. The van der Waals surface area contributed by atoms with Crippen LogP contribution in [0, 0.1) is 0 Å². The van der Waals surface area contributed by atoms with E-state index in [0.29, 0.717) is 23.1 Å². The lowest BCUT2D eigenvalue weighted by molar-refractivity contribution is -0.137. The highest BCUT2D eigenvalue weighted by atomic mass is 79.9. The molecule has 0 saturated heterocycles. The maximum atomic E-state index is 12.9. The molecule has 0 aliphatic heterocycles. The number of anilines is 3. The second kappa shape index (κ2) is 8.79. The highest BCUT2D eigenvalue weighted by Gasteiger charge is 2.30. The fourth-order valence-electron chi connectivity index (χ4n) is 2.53. The molecule has 0 bridgehead atoms. The molecule has 0 spiro atoms. The topological polar surface area (TPSA) is 70.1 Å². The summed E-state index contributed by atoms with van der Waals surface area (Å²) in [5.74, 6) is 0.686. The maximum Gasteiger partial charge on any atom is 0.416 e. The minimum Gasteiger partial charge on any atom is -0.394 e. The predicted molar refractivity (Wildman–Crippen MR) is 110 cm³/mol. The molecule has 0 unspecified atom stereocenters. The van der Waals surface area contributed by atoms with Gasteiger partial charge in [-0.3, -0.25) is 0 Å². The summed E-state index contributed by atoms with van der Waals surface area (Å²) in [5, 5.41) is 15.3. The van der Waals surface area contributed by atoms with Crippen LogP contribution in [0.1, 0.15) is 12.5 Å². The summed E-state index contributed by atoms with van der Waals surface area (Å²) < 4.78 is 38.9. The van der Waals surface area contributed by atoms with Crippen LogP contribution in [-0.4, -0.2) is 27.7 Å². The van der Waals surface area contributed by atoms with Gasteiger partial charge in [0.15, 0.2) is 0 Å². The van der Waals surface area contributed by atoms with Gasteiger partial charge in [-0.2, -0.15) is 18.2 Å². The third kappa shape index (κ3) is 5.45. The van der Waals surface area contributed by atoms with Gasteiger partial charge < -0.3 is 15.7 Å². The van der Waals surface area contributed by atoms with Crippen molar-refractivity contribution in [3.05, 3.63) is 64.6 Å². The minimum absolute atomic E-state index is 0.105. The van der Waals surface area contributed by atoms with E-state index in [0.717, 1.165) is 17.7 Å². The summed E-state index contributed by atoms with van der Waals surface area (Å²) in [6, 6.07) is 14.2. The largest absolute Gasteiger partial charge is 0.416 e. The molecular weight excluding hydrogens is 449 g/mol. The number of hydrogen-bond acceptors (Lipinski definition) is 5. The summed E-state index contributed by atoms with van der Waals surface area (Å²) in [7, 11) is 0. The standard InChI is InChI=1S/C20H18BrF3N4O/c1-12(11-29)25-19-27-17(13-5-3-2-4-6-13)10-18(28-19)26-16-8-7-14(9-15(16)21)20(22,23)24/h2-10,12,29H,11H2,1H3,(H2,25,26,27,28)/t12-/m0/s1. The SMILES string of the molecule is C[C@@H](CO)Nc1nc(Nc2ccc(C(F)(F)F)cc2Br)cc(-c2ccccc2)n1. The third-order valence-electron chi connectivity index (χ3n) is 4.00. The van der Waals surface area contributed by atoms with E-state index in [9.17, 15) is 18.3 Å². The molecule has 9 heteroatoms. The Morgan fingerprint density at radius 1 is 1.07 bits per heavy atom. The molecule has 3 rings (SSSR count). The van der Waals surface area contributed by atoms with E-state index in [1.54, 1.807) is 13.0 Å². The lowest BCUT2D eigenvalue weighted by Gasteiger charge is -2.15. The van der Waals surface area contributed by atoms with Crippen molar-refractivity contribution in [1.82, 2.24) is 9.97 Å². The molecule has 0 saturated carbocycles. The molecule has 1 heterocycles. The number of nitrogens with one attached hydrogen (secondary N) is 2. The van der Waals surface area contributed by atoms with Gasteiger partial charge in [0, 0.05) is 22.1 Å². The molecular formula is C20H18BrF3N4O. The highest BCUT2D eigenvalue weighted by molar-refractivity contribution is 9.10. The molecule has 0 fully saturated rings. The number of alkyl halides is 3. The zero-order valence-electron chi connectivity index (χ0n) is 15.3. The predicted octanol–water partition coefficient (Wildman–Crippen LogP) is 5.46. The highest BCUT2D eigenvalue weighted by Crippen LogP contribution is 2.35. The Morgan fingerprint density at radius 2 is 1.79 bits per heavy atom. The number of nitrogens with zero attached hydrogens (tertiary/aromatic N) is 2. The summed E-state index contributed by atoms with van der Waals surface area (Å²) in [4.78, 5) is 8.84. The first-order valence-electron chi connectivity index (χ1n) is 8.72. The fourth-order valence-corrected chi connectivity index (χ4v) is 3.01. The van der Waals surface area contributed by atoms with E-state index in [2.05, 4.69) is 36.5 Å². The van der Waals surface area contributed by atoms with Crippen molar-refractivity contribution in [3.8, 4) is 11.3 Å². The van der Waals surface area contributed by atoms with Crippen LogP contribution in [0.3, 0.4) is 0 Å². The van der Waals surface area contributed by atoms with Crippen molar-refractivity contribution < 1.29 is 18.3 Å². The molecule has 3 N–H and O–H groups in total. The summed E-state index contributed by atoms with van der Waals surface area (Å²) >= 11 is 3.18. The Kier molecular flexibility index (Phi) is 6.39. The van der Waals surface area contributed by atoms with Crippen molar-refractivity contribution in [2.45, 2.75) is 19.1 Å². The van der Waals surface area contributed by atoms with E-state index in [1.165, 1.54) is 6.07 Å². The molecule has 152 valence electrons. The monoisotopic (exact) mass is 466 g/mol. The zero-order chi connectivity index (χ0) is 21.0. The van der Waals surface area contributed by atoms with Gasteiger partial charge in [-0.1, -0.05) is 30.3 Å². The molecule has 0 amide bonds. The molecule has 0 radical (unpaired) electrons. The number of aliphatic hydroxyl groups is 1. The van der Waals surface area contributed by atoms with Gasteiger partial charge >= 0.3 is 6.18 Å². The van der Waals surface area contributed by atoms with Crippen LogP contribution in [0.5, 0.6) is 0 Å². The van der Waals surface area contributed by atoms with Crippen molar-refractivity contribution in [1.29, 1.82) is 0 Å². The van der Waals surface area contributed by atoms with E-state index in [4.69, 9.17) is 0 Å². The lowest BCUT2D eigenvalue weighted by Crippen LogP contribution is -2.21. The Balaban J connectivity index is 1.97. The first kappa shape index (κ1) is 21.1. The molecule has 5 nitrogen and oxygen atoms in total. The number of aliphatic hydroxyl groups excluding tert-OH is 1. The number of rotatable bonds is 6. The normalized spacial score (nSPS) is 12.5. The van der Waals surface area contributed by atoms with Gasteiger partial charge in [-0.15, -0.1) is 0 Å².